The van der Waals surface area contributed by atoms with E-state index in [-0.39, 0.29) is 0 Å². The van der Waals surface area contributed by atoms with E-state index in [1.54, 1.807) is 0 Å². The van der Waals surface area contributed by atoms with E-state index in [0.717, 1.165) is 19.5 Å². The molecule has 0 aromatic heterocycles. The van der Waals surface area contributed by atoms with Gasteiger partial charge in [-0.05, 0) is 43.5 Å². The Labute approximate surface area is 125 Å². The van der Waals surface area contributed by atoms with Crippen molar-refractivity contribution in [3.63, 3.8) is 0 Å². The smallest absolute Gasteiger partial charge is 0.0402 e. The zero-order valence-corrected chi connectivity index (χ0v) is 13.8. The number of rotatable bonds is 4. The van der Waals surface area contributed by atoms with Crippen molar-refractivity contribution in [1.82, 2.24) is 5.32 Å². The van der Waals surface area contributed by atoms with E-state index >= 15 is 0 Å². The molecule has 0 saturated carbocycles. The van der Waals surface area contributed by atoms with E-state index < -0.39 is 0 Å². The van der Waals surface area contributed by atoms with Crippen LogP contribution in [0.4, 0.5) is 5.69 Å². The molecule has 1 saturated heterocycles. The van der Waals surface area contributed by atoms with Gasteiger partial charge in [-0.25, -0.2) is 0 Å². The first-order valence-corrected chi connectivity index (χ1v) is 8.23. The number of anilines is 1. The van der Waals surface area contributed by atoms with Gasteiger partial charge in [0.1, 0.15) is 0 Å². The summed E-state index contributed by atoms with van der Waals surface area (Å²) in [4.78, 5) is 2.59. The molecule has 1 heterocycles. The molecule has 1 aromatic rings. The predicted octanol–water partition coefficient (Wildman–Crippen LogP) is 3.98. The molecule has 1 aromatic carbocycles. The number of benzene rings is 1. The van der Waals surface area contributed by atoms with Gasteiger partial charge in [0.15, 0.2) is 0 Å². The molecule has 0 aliphatic carbocycles. The molecule has 1 aliphatic rings. The minimum atomic E-state index is 0.569. The van der Waals surface area contributed by atoms with Crippen molar-refractivity contribution in [2.75, 3.05) is 18.0 Å². The van der Waals surface area contributed by atoms with Gasteiger partial charge in [0, 0.05) is 35.3 Å². The van der Waals surface area contributed by atoms with Crippen LogP contribution in [0.3, 0.4) is 0 Å². The molecule has 2 atom stereocenters. The van der Waals surface area contributed by atoms with Crippen LogP contribution in [0.2, 0.25) is 0 Å². The summed E-state index contributed by atoms with van der Waals surface area (Å²) in [6.45, 7) is 9.03. The highest BCUT2D eigenvalue weighted by Crippen LogP contribution is 2.28. The molecule has 0 radical (unpaired) electrons. The number of piperazine rings is 1. The molecule has 3 heteroatoms. The Morgan fingerprint density at radius 2 is 2.16 bits per heavy atom. The first-order valence-electron chi connectivity index (χ1n) is 7.44. The number of nitrogens with one attached hydrogen (secondary N) is 1. The van der Waals surface area contributed by atoms with Crippen molar-refractivity contribution in [1.29, 1.82) is 0 Å². The van der Waals surface area contributed by atoms with Gasteiger partial charge in [-0.3, -0.25) is 0 Å². The van der Waals surface area contributed by atoms with E-state index in [9.17, 15) is 0 Å². The number of hydrogen-bond donors (Lipinski definition) is 1. The van der Waals surface area contributed by atoms with Crippen molar-refractivity contribution in [2.24, 2.45) is 0 Å². The fraction of sp³-hybridized carbons (Fsp3) is 0.625. The molecular formula is C16H25BrN2. The van der Waals surface area contributed by atoms with Crippen LogP contribution in [-0.2, 0) is 6.42 Å². The van der Waals surface area contributed by atoms with Crippen LogP contribution in [-0.4, -0.2) is 25.2 Å². The van der Waals surface area contributed by atoms with E-state index in [1.807, 2.05) is 0 Å². The number of hydrogen-bond acceptors (Lipinski definition) is 2. The Balaban J connectivity index is 2.23. The van der Waals surface area contributed by atoms with Crippen LogP contribution in [0.1, 0.15) is 39.2 Å². The molecule has 1 N–H and O–H groups in total. The maximum atomic E-state index is 3.67. The fourth-order valence-electron chi connectivity index (χ4n) is 2.92. The molecule has 19 heavy (non-hydrogen) atoms. The highest BCUT2D eigenvalue weighted by atomic mass is 79.9. The van der Waals surface area contributed by atoms with Crippen LogP contribution in [0, 0.1) is 0 Å². The third kappa shape index (κ3) is 3.51. The summed E-state index contributed by atoms with van der Waals surface area (Å²) in [5.74, 6) is 0. The monoisotopic (exact) mass is 324 g/mol. The Kier molecular flexibility index (Phi) is 5.28. The van der Waals surface area contributed by atoms with Crippen molar-refractivity contribution in [2.45, 2.75) is 52.1 Å². The van der Waals surface area contributed by atoms with Gasteiger partial charge in [0.2, 0.25) is 0 Å². The standard InChI is InChI=1S/C16H25BrN2/c1-4-6-15-11-19(12(3)10-18-15)16-8-7-14(17)9-13(16)5-2/h7-9,12,15,18H,4-6,10-11H2,1-3H3. The summed E-state index contributed by atoms with van der Waals surface area (Å²) >= 11 is 3.58. The highest BCUT2D eigenvalue weighted by molar-refractivity contribution is 9.10. The quantitative estimate of drug-likeness (QED) is 0.901. The second-order valence-corrected chi connectivity index (χ2v) is 6.44. The van der Waals surface area contributed by atoms with Crippen LogP contribution < -0.4 is 10.2 Å². The summed E-state index contributed by atoms with van der Waals surface area (Å²) < 4.78 is 1.18. The third-order valence-electron chi connectivity index (χ3n) is 4.02. The molecular weight excluding hydrogens is 300 g/mol. The molecule has 0 spiro atoms. The van der Waals surface area contributed by atoms with Gasteiger partial charge < -0.3 is 10.2 Å². The Morgan fingerprint density at radius 1 is 1.37 bits per heavy atom. The summed E-state index contributed by atoms with van der Waals surface area (Å²) in [5.41, 5.74) is 2.86. The summed E-state index contributed by atoms with van der Waals surface area (Å²) in [6, 6.07) is 7.90. The highest BCUT2D eigenvalue weighted by Gasteiger charge is 2.25. The van der Waals surface area contributed by atoms with E-state index in [0.29, 0.717) is 12.1 Å². The van der Waals surface area contributed by atoms with Crippen molar-refractivity contribution >= 4 is 21.6 Å². The first-order chi connectivity index (χ1) is 9.15. The van der Waals surface area contributed by atoms with Crippen LogP contribution in [0.5, 0.6) is 0 Å². The Bertz CT molecular complexity index is 419. The van der Waals surface area contributed by atoms with Crippen molar-refractivity contribution in [3.8, 4) is 0 Å². The second-order valence-electron chi connectivity index (χ2n) is 5.52. The normalized spacial score (nSPS) is 23.7. The summed E-state index contributed by atoms with van der Waals surface area (Å²) in [7, 11) is 0. The van der Waals surface area contributed by atoms with Crippen LogP contribution >= 0.6 is 15.9 Å². The average molecular weight is 325 g/mol. The lowest BCUT2D eigenvalue weighted by Gasteiger charge is -2.41. The summed E-state index contributed by atoms with van der Waals surface area (Å²) in [6.07, 6.45) is 3.60. The Morgan fingerprint density at radius 3 is 2.84 bits per heavy atom. The van der Waals surface area contributed by atoms with Gasteiger partial charge in [-0.1, -0.05) is 36.2 Å². The molecule has 0 amide bonds. The lowest BCUT2D eigenvalue weighted by atomic mass is 10.0. The van der Waals surface area contributed by atoms with E-state index in [2.05, 4.69) is 65.1 Å². The van der Waals surface area contributed by atoms with Gasteiger partial charge in [0.25, 0.3) is 0 Å². The lowest BCUT2D eigenvalue weighted by Crippen LogP contribution is -2.55. The van der Waals surface area contributed by atoms with E-state index in [4.69, 9.17) is 0 Å². The second kappa shape index (κ2) is 6.76. The zero-order valence-electron chi connectivity index (χ0n) is 12.2. The molecule has 1 fully saturated rings. The van der Waals surface area contributed by atoms with Gasteiger partial charge in [0.05, 0.1) is 0 Å². The maximum Gasteiger partial charge on any atom is 0.0402 e. The SMILES string of the molecule is CCCC1CN(c2ccc(Br)cc2CC)C(C)CN1. The fourth-order valence-corrected chi connectivity index (χ4v) is 3.33. The lowest BCUT2D eigenvalue weighted by molar-refractivity contribution is 0.386. The molecule has 106 valence electrons. The minimum Gasteiger partial charge on any atom is -0.366 e. The molecule has 2 rings (SSSR count). The van der Waals surface area contributed by atoms with Crippen LogP contribution in [0.25, 0.3) is 0 Å². The molecule has 0 bridgehead atoms. The van der Waals surface area contributed by atoms with Gasteiger partial charge in [-0.15, -0.1) is 0 Å². The molecule has 1 aliphatic heterocycles. The number of nitrogens with zero attached hydrogens (tertiary/aromatic N) is 1. The summed E-state index contributed by atoms with van der Waals surface area (Å²) in [5, 5.41) is 3.67. The molecule has 2 nitrogen and oxygen atoms in total. The van der Waals surface area contributed by atoms with Crippen molar-refractivity contribution < 1.29 is 0 Å². The number of halogens is 1. The first kappa shape index (κ1) is 14.9. The van der Waals surface area contributed by atoms with Crippen molar-refractivity contribution in [3.05, 3.63) is 28.2 Å². The largest absolute Gasteiger partial charge is 0.366 e. The van der Waals surface area contributed by atoms with Crippen LogP contribution in [0.15, 0.2) is 22.7 Å². The third-order valence-corrected chi connectivity index (χ3v) is 4.51. The minimum absolute atomic E-state index is 0.569. The molecule has 2 unspecified atom stereocenters. The zero-order chi connectivity index (χ0) is 13.8. The predicted molar refractivity (Wildman–Crippen MR) is 87.0 cm³/mol. The number of aryl methyl sites for hydroxylation is 1. The van der Waals surface area contributed by atoms with Gasteiger partial charge in [-0.2, -0.15) is 0 Å². The van der Waals surface area contributed by atoms with Gasteiger partial charge >= 0.3 is 0 Å². The van der Waals surface area contributed by atoms with E-state index in [1.165, 1.54) is 28.6 Å². The topological polar surface area (TPSA) is 15.3 Å². The maximum absolute atomic E-state index is 3.67. The average Bonchev–Trinajstić information content (AvgIpc) is 2.41. The Hall–Kier alpha value is -0.540.